The lowest BCUT2D eigenvalue weighted by Gasteiger charge is -2.05. The van der Waals surface area contributed by atoms with E-state index in [1.165, 1.54) is 24.3 Å². The van der Waals surface area contributed by atoms with Gasteiger partial charge in [0.25, 0.3) is 10.0 Å². The summed E-state index contributed by atoms with van der Waals surface area (Å²) < 4.78 is 24.8. The number of rotatable bonds is 3. The molecule has 6 nitrogen and oxygen atoms in total. The van der Waals surface area contributed by atoms with Crippen LogP contribution in [0.25, 0.3) is 0 Å². The van der Waals surface area contributed by atoms with E-state index in [9.17, 15) is 13.2 Å². The van der Waals surface area contributed by atoms with Crippen LogP contribution in [0.5, 0.6) is 0 Å². The number of amides is 1. The lowest BCUT2D eigenvalue weighted by Crippen LogP contribution is -2.28. The molecule has 0 radical (unpaired) electrons. The van der Waals surface area contributed by atoms with Gasteiger partial charge in [-0.05, 0) is 24.3 Å². The maximum absolute atomic E-state index is 11.5. The van der Waals surface area contributed by atoms with E-state index < -0.39 is 15.9 Å². The number of hydrogen-bond acceptors (Lipinski definition) is 5. The highest BCUT2D eigenvalue weighted by molar-refractivity contribution is 7.90. The van der Waals surface area contributed by atoms with Crippen molar-refractivity contribution in [2.24, 2.45) is 5.84 Å². The first-order valence-corrected chi connectivity index (χ1v) is 5.54. The summed E-state index contributed by atoms with van der Waals surface area (Å²) in [6, 6.07) is 5.68. The van der Waals surface area contributed by atoms with Crippen molar-refractivity contribution in [2.75, 3.05) is 5.43 Å². The maximum atomic E-state index is 11.5. The minimum Gasteiger partial charge on any atom is -0.324 e. The number of nitrogens with two attached hydrogens (primary N) is 1. The minimum atomic E-state index is -3.75. The third kappa shape index (κ3) is 2.93. The number of hydrogen-bond donors (Lipinski definition) is 3. The Morgan fingerprint density at radius 3 is 2.20 bits per heavy atom. The third-order valence-corrected chi connectivity index (χ3v) is 3.06. The molecule has 1 aromatic carbocycles. The average Bonchev–Trinajstić information content (AvgIpc) is 2.16. The summed E-state index contributed by atoms with van der Waals surface area (Å²) in [6.07, 6.45) is 0. The van der Waals surface area contributed by atoms with Crippen LogP contribution in [-0.2, 0) is 14.8 Å². The number of benzene rings is 1. The Balaban J connectivity index is 3.01. The molecule has 0 unspecified atom stereocenters. The van der Waals surface area contributed by atoms with Crippen LogP contribution in [0.15, 0.2) is 29.2 Å². The van der Waals surface area contributed by atoms with Crippen LogP contribution < -0.4 is 16.0 Å². The fourth-order valence-corrected chi connectivity index (χ4v) is 1.97. The van der Waals surface area contributed by atoms with Crippen molar-refractivity contribution in [3.63, 3.8) is 0 Å². The third-order valence-electron chi connectivity index (χ3n) is 1.61. The first kappa shape index (κ1) is 11.5. The molecular weight excluding hydrogens is 218 g/mol. The quantitative estimate of drug-likeness (QED) is 0.492. The molecule has 7 heteroatoms. The summed E-state index contributed by atoms with van der Waals surface area (Å²) in [5, 5.41) is 0. The Morgan fingerprint density at radius 1 is 1.27 bits per heavy atom. The predicted molar refractivity (Wildman–Crippen MR) is 55.3 cm³/mol. The van der Waals surface area contributed by atoms with Crippen LogP contribution in [0.1, 0.15) is 6.92 Å². The Morgan fingerprint density at radius 2 is 1.80 bits per heavy atom. The zero-order valence-electron chi connectivity index (χ0n) is 8.02. The second kappa shape index (κ2) is 4.28. The highest BCUT2D eigenvalue weighted by atomic mass is 32.2. The van der Waals surface area contributed by atoms with Gasteiger partial charge in [0, 0.05) is 12.6 Å². The monoisotopic (exact) mass is 229 g/mol. The molecule has 0 heterocycles. The van der Waals surface area contributed by atoms with Crippen LogP contribution in [0.3, 0.4) is 0 Å². The van der Waals surface area contributed by atoms with Crippen molar-refractivity contribution in [1.82, 2.24) is 4.72 Å². The summed E-state index contributed by atoms with van der Waals surface area (Å²) in [5.41, 5.74) is 2.94. The molecule has 0 spiro atoms. The summed E-state index contributed by atoms with van der Waals surface area (Å²) in [6.45, 7) is 1.13. The van der Waals surface area contributed by atoms with Gasteiger partial charge in [-0.2, -0.15) is 0 Å². The minimum absolute atomic E-state index is 0.0108. The summed E-state index contributed by atoms with van der Waals surface area (Å²) in [4.78, 5) is 10.6. The Hall–Kier alpha value is -1.60. The van der Waals surface area contributed by atoms with Gasteiger partial charge in [-0.25, -0.2) is 13.1 Å². The number of anilines is 1. The molecule has 0 atom stereocenters. The van der Waals surface area contributed by atoms with Crippen LogP contribution in [0.2, 0.25) is 0 Å². The van der Waals surface area contributed by atoms with Gasteiger partial charge in [0.05, 0.1) is 4.90 Å². The van der Waals surface area contributed by atoms with Crippen LogP contribution in [0.4, 0.5) is 5.69 Å². The lowest BCUT2D eigenvalue weighted by molar-refractivity contribution is -0.117. The van der Waals surface area contributed by atoms with Gasteiger partial charge in [-0.15, -0.1) is 0 Å². The van der Waals surface area contributed by atoms with E-state index in [0.29, 0.717) is 5.69 Å². The molecule has 0 aromatic heterocycles. The van der Waals surface area contributed by atoms with Gasteiger partial charge in [-0.1, -0.05) is 0 Å². The number of nitrogen functional groups attached to an aromatic ring is 1. The summed E-state index contributed by atoms with van der Waals surface area (Å²) in [7, 11) is -3.75. The average molecular weight is 229 g/mol. The molecule has 0 saturated carbocycles. The Labute approximate surface area is 87.5 Å². The van der Waals surface area contributed by atoms with Gasteiger partial charge in [0.15, 0.2) is 0 Å². The topological polar surface area (TPSA) is 101 Å². The highest BCUT2D eigenvalue weighted by Gasteiger charge is 2.14. The number of carbonyl (C=O) groups excluding carboxylic acids is 1. The van der Waals surface area contributed by atoms with Crippen molar-refractivity contribution in [2.45, 2.75) is 11.8 Å². The standard InChI is InChI=1S/C8H11N3O3S/c1-6(12)11-15(13,14)8-4-2-7(10-9)3-5-8/h2-5,10H,9H2,1H3,(H,11,12). The number of nitrogens with one attached hydrogen (secondary N) is 2. The molecule has 0 fully saturated rings. The van der Waals surface area contributed by atoms with Gasteiger partial charge in [0.1, 0.15) is 0 Å². The molecule has 1 amide bonds. The maximum Gasteiger partial charge on any atom is 0.264 e. The zero-order chi connectivity index (χ0) is 11.5. The van der Waals surface area contributed by atoms with E-state index in [1.807, 2.05) is 4.72 Å². The van der Waals surface area contributed by atoms with E-state index in [2.05, 4.69) is 5.43 Å². The lowest BCUT2D eigenvalue weighted by atomic mass is 10.3. The van der Waals surface area contributed by atoms with E-state index in [1.54, 1.807) is 0 Å². The highest BCUT2D eigenvalue weighted by Crippen LogP contribution is 2.12. The first-order valence-electron chi connectivity index (χ1n) is 4.06. The summed E-state index contributed by atoms with van der Waals surface area (Å²) in [5.74, 6) is 4.49. The van der Waals surface area contributed by atoms with E-state index in [-0.39, 0.29) is 4.90 Å². The van der Waals surface area contributed by atoms with Crippen molar-refractivity contribution < 1.29 is 13.2 Å². The van der Waals surface area contributed by atoms with Crippen molar-refractivity contribution >= 4 is 21.6 Å². The summed E-state index contributed by atoms with van der Waals surface area (Å²) >= 11 is 0. The Bertz CT molecular complexity index is 453. The molecule has 0 bridgehead atoms. The van der Waals surface area contributed by atoms with Gasteiger partial charge in [-0.3, -0.25) is 10.6 Å². The molecule has 4 N–H and O–H groups in total. The number of hydrazine groups is 1. The molecule has 0 aliphatic carbocycles. The SMILES string of the molecule is CC(=O)NS(=O)(=O)c1ccc(NN)cc1. The normalized spacial score (nSPS) is 10.8. The Kier molecular flexibility index (Phi) is 3.28. The van der Waals surface area contributed by atoms with E-state index in [0.717, 1.165) is 6.92 Å². The van der Waals surface area contributed by atoms with Crippen molar-refractivity contribution in [3.8, 4) is 0 Å². The molecule has 82 valence electrons. The number of carbonyl (C=O) groups is 1. The fourth-order valence-electron chi connectivity index (χ4n) is 0.978. The van der Waals surface area contributed by atoms with Crippen molar-refractivity contribution in [1.29, 1.82) is 0 Å². The van der Waals surface area contributed by atoms with E-state index in [4.69, 9.17) is 5.84 Å². The van der Waals surface area contributed by atoms with Crippen LogP contribution >= 0.6 is 0 Å². The fraction of sp³-hybridized carbons (Fsp3) is 0.125. The van der Waals surface area contributed by atoms with Gasteiger partial charge in [0.2, 0.25) is 5.91 Å². The zero-order valence-corrected chi connectivity index (χ0v) is 8.84. The van der Waals surface area contributed by atoms with Gasteiger partial charge < -0.3 is 5.43 Å². The second-order valence-electron chi connectivity index (χ2n) is 2.83. The van der Waals surface area contributed by atoms with Crippen molar-refractivity contribution in [3.05, 3.63) is 24.3 Å². The largest absolute Gasteiger partial charge is 0.324 e. The van der Waals surface area contributed by atoms with Gasteiger partial charge >= 0.3 is 0 Å². The second-order valence-corrected chi connectivity index (χ2v) is 4.51. The van der Waals surface area contributed by atoms with Crippen LogP contribution in [0, 0.1) is 0 Å². The molecular formula is C8H11N3O3S. The van der Waals surface area contributed by atoms with Crippen LogP contribution in [-0.4, -0.2) is 14.3 Å². The predicted octanol–water partition coefficient (Wildman–Crippen LogP) is -0.203. The van der Waals surface area contributed by atoms with E-state index >= 15 is 0 Å². The number of sulfonamides is 1. The smallest absolute Gasteiger partial charge is 0.264 e. The molecule has 0 aliphatic heterocycles. The molecule has 0 aliphatic rings. The molecule has 1 aromatic rings. The molecule has 0 saturated heterocycles. The molecule has 1 rings (SSSR count). The first-order chi connectivity index (χ1) is 6.95. The molecule has 15 heavy (non-hydrogen) atoms.